The van der Waals surface area contributed by atoms with E-state index in [1.165, 1.54) is 32.0 Å². The minimum Gasteiger partial charge on any atom is -0.476 e. The van der Waals surface area contributed by atoms with E-state index in [0.717, 1.165) is 0 Å². The van der Waals surface area contributed by atoms with Gasteiger partial charge in [0.25, 0.3) is 0 Å². The molecule has 0 fully saturated rings. The van der Waals surface area contributed by atoms with Gasteiger partial charge < -0.3 is 9.47 Å². The summed E-state index contributed by atoms with van der Waals surface area (Å²) in [4.78, 5) is 24.4. The number of benzene rings is 2. The van der Waals surface area contributed by atoms with Gasteiger partial charge in [-0.2, -0.15) is 0 Å². The van der Waals surface area contributed by atoms with Crippen LogP contribution >= 0.6 is 34.8 Å². The Labute approximate surface area is 154 Å². The van der Waals surface area contributed by atoms with Crippen molar-refractivity contribution < 1.29 is 19.1 Å². The van der Waals surface area contributed by atoms with Crippen molar-refractivity contribution in [3.8, 4) is 5.75 Å². The van der Waals surface area contributed by atoms with Gasteiger partial charge in [-0.05, 0) is 50.2 Å². The highest BCUT2D eigenvalue weighted by atomic mass is 35.5. The summed E-state index contributed by atoms with van der Waals surface area (Å²) in [6, 6.07) is 10.9. The lowest BCUT2D eigenvalue weighted by atomic mass is 10.1. The van der Waals surface area contributed by atoms with Crippen molar-refractivity contribution in [3.05, 3.63) is 63.1 Å². The third-order valence-electron chi connectivity index (χ3n) is 3.04. The molecule has 24 heavy (non-hydrogen) atoms. The van der Waals surface area contributed by atoms with Crippen LogP contribution in [0.15, 0.2) is 42.5 Å². The van der Waals surface area contributed by atoms with Crippen LogP contribution in [0.5, 0.6) is 5.75 Å². The maximum absolute atomic E-state index is 12.2. The molecular weight excluding hydrogens is 375 g/mol. The standard InChI is InChI=1S/C17H13Cl3O4/c1-17(2,24-11-8-6-10(18)7-9-11)16(22)23-15(21)12-4-3-5-13(19)14(12)20/h3-9H,1-2H3. The molecular formula is C17H13Cl3O4. The van der Waals surface area contributed by atoms with Crippen LogP contribution in [0.4, 0.5) is 0 Å². The van der Waals surface area contributed by atoms with E-state index in [0.29, 0.717) is 10.8 Å². The van der Waals surface area contributed by atoms with Crippen molar-refractivity contribution in [1.29, 1.82) is 0 Å². The molecule has 0 radical (unpaired) electrons. The van der Waals surface area contributed by atoms with Crippen LogP contribution in [0.1, 0.15) is 24.2 Å². The van der Waals surface area contributed by atoms with Crippen molar-refractivity contribution in [2.75, 3.05) is 0 Å². The molecule has 4 nitrogen and oxygen atoms in total. The second kappa shape index (κ2) is 7.43. The lowest BCUT2D eigenvalue weighted by Gasteiger charge is -2.23. The Kier molecular flexibility index (Phi) is 5.75. The van der Waals surface area contributed by atoms with Gasteiger partial charge in [-0.25, -0.2) is 9.59 Å². The molecule has 0 unspecified atom stereocenters. The molecule has 0 heterocycles. The smallest absolute Gasteiger partial charge is 0.357 e. The van der Waals surface area contributed by atoms with Gasteiger partial charge in [-0.1, -0.05) is 40.9 Å². The molecule has 0 aliphatic rings. The van der Waals surface area contributed by atoms with Gasteiger partial charge in [0.15, 0.2) is 0 Å². The van der Waals surface area contributed by atoms with Crippen LogP contribution in [0.25, 0.3) is 0 Å². The summed E-state index contributed by atoms with van der Waals surface area (Å²) in [5.74, 6) is -1.35. The van der Waals surface area contributed by atoms with Crippen molar-refractivity contribution in [2.45, 2.75) is 19.4 Å². The molecule has 2 aromatic rings. The van der Waals surface area contributed by atoms with Gasteiger partial charge in [0.05, 0.1) is 15.6 Å². The van der Waals surface area contributed by atoms with Crippen LogP contribution < -0.4 is 4.74 Å². The third kappa shape index (κ3) is 4.41. The first-order valence-corrected chi connectivity index (χ1v) is 7.99. The summed E-state index contributed by atoms with van der Waals surface area (Å²) in [6.45, 7) is 2.97. The van der Waals surface area contributed by atoms with Crippen LogP contribution in [0.2, 0.25) is 15.1 Å². The van der Waals surface area contributed by atoms with Gasteiger partial charge >= 0.3 is 11.9 Å². The van der Waals surface area contributed by atoms with Crippen molar-refractivity contribution in [2.24, 2.45) is 0 Å². The molecule has 0 amide bonds. The van der Waals surface area contributed by atoms with Gasteiger partial charge in [-0.15, -0.1) is 0 Å². The third-order valence-corrected chi connectivity index (χ3v) is 4.11. The van der Waals surface area contributed by atoms with E-state index in [1.54, 1.807) is 24.3 Å². The monoisotopic (exact) mass is 386 g/mol. The van der Waals surface area contributed by atoms with Crippen LogP contribution in [0.3, 0.4) is 0 Å². The van der Waals surface area contributed by atoms with E-state index in [4.69, 9.17) is 44.3 Å². The summed E-state index contributed by atoms with van der Waals surface area (Å²) in [5, 5.41) is 0.747. The van der Waals surface area contributed by atoms with E-state index in [1.807, 2.05) is 0 Å². The Hall–Kier alpha value is -1.75. The fraction of sp³-hybridized carbons (Fsp3) is 0.176. The number of carbonyl (C=O) groups excluding carboxylic acids is 2. The molecule has 0 saturated heterocycles. The Morgan fingerprint density at radius 1 is 0.958 bits per heavy atom. The summed E-state index contributed by atoms with van der Waals surface area (Å²) in [5.41, 5.74) is -1.39. The Morgan fingerprint density at radius 2 is 1.58 bits per heavy atom. The molecule has 0 N–H and O–H groups in total. The van der Waals surface area contributed by atoms with E-state index >= 15 is 0 Å². The average Bonchev–Trinajstić information content (AvgIpc) is 2.52. The fourth-order valence-corrected chi connectivity index (χ4v) is 2.27. The molecule has 0 aliphatic carbocycles. The second-order valence-corrected chi connectivity index (χ2v) is 6.57. The zero-order valence-electron chi connectivity index (χ0n) is 12.8. The number of ether oxygens (including phenoxy) is 2. The highest BCUT2D eigenvalue weighted by Crippen LogP contribution is 2.27. The molecule has 0 spiro atoms. The SMILES string of the molecule is CC(C)(Oc1ccc(Cl)cc1)C(=O)OC(=O)c1cccc(Cl)c1Cl. The maximum atomic E-state index is 12.2. The quantitative estimate of drug-likeness (QED) is 0.535. The average molecular weight is 388 g/mol. The molecule has 7 heteroatoms. The number of hydrogen-bond acceptors (Lipinski definition) is 4. The zero-order valence-corrected chi connectivity index (χ0v) is 15.1. The van der Waals surface area contributed by atoms with Crippen molar-refractivity contribution >= 4 is 46.7 Å². The molecule has 0 aliphatic heterocycles. The first-order valence-electron chi connectivity index (χ1n) is 6.86. The normalized spacial score (nSPS) is 11.0. The number of halogens is 3. The van der Waals surface area contributed by atoms with E-state index in [9.17, 15) is 9.59 Å². The predicted octanol–water partition coefficient (Wildman–Crippen LogP) is 5.19. The molecule has 0 saturated carbocycles. The Bertz CT molecular complexity index is 770. The number of esters is 2. The van der Waals surface area contributed by atoms with Gasteiger partial charge in [0, 0.05) is 5.02 Å². The maximum Gasteiger partial charge on any atom is 0.357 e. The van der Waals surface area contributed by atoms with Gasteiger partial charge in [-0.3, -0.25) is 0 Å². The molecule has 2 aromatic carbocycles. The number of carbonyl (C=O) groups is 2. The Morgan fingerprint density at radius 3 is 2.21 bits per heavy atom. The summed E-state index contributed by atoms with van der Waals surface area (Å²) >= 11 is 17.6. The molecule has 0 aromatic heterocycles. The minimum absolute atomic E-state index is 0.000176. The van der Waals surface area contributed by atoms with Crippen LogP contribution in [-0.4, -0.2) is 17.5 Å². The first kappa shape index (κ1) is 18.6. The topological polar surface area (TPSA) is 52.6 Å². The van der Waals surface area contributed by atoms with Gasteiger partial charge in [0.2, 0.25) is 5.60 Å². The summed E-state index contributed by atoms with van der Waals surface area (Å²) in [6.07, 6.45) is 0. The first-order chi connectivity index (χ1) is 11.2. The molecule has 0 atom stereocenters. The Balaban J connectivity index is 2.11. The van der Waals surface area contributed by atoms with E-state index < -0.39 is 17.5 Å². The van der Waals surface area contributed by atoms with Gasteiger partial charge in [0.1, 0.15) is 5.75 Å². The fourth-order valence-electron chi connectivity index (χ4n) is 1.76. The minimum atomic E-state index is -1.39. The lowest BCUT2D eigenvalue weighted by molar-refractivity contribution is -0.153. The second-order valence-electron chi connectivity index (χ2n) is 5.34. The highest BCUT2D eigenvalue weighted by Gasteiger charge is 2.34. The van der Waals surface area contributed by atoms with Crippen LogP contribution in [0, 0.1) is 0 Å². The zero-order chi connectivity index (χ0) is 17.9. The predicted molar refractivity (Wildman–Crippen MR) is 93.0 cm³/mol. The summed E-state index contributed by atoms with van der Waals surface area (Å²) < 4.78 is 10.4. The van der Waals surface area contributed by atoms with Crippen molar-refractivity contribution in [3.63, 3.8) is 0 Å². The largest absolute Gasteiger partial charge is 0.476 e. The lowest BCUT2D eigenvalue weighted by Crippen LogP contribution is -2.40. The number of hydrogen-bond donors (Lipinski definition) is 0. The molecule has 2 rings (SSSR count). The van der Waals surface area contributed by atoms with Crippen LogP contribution in [-0.2, 0) is 9.53 Å². The highest BCUT2D eigenvalue weighted by molar-refractivity contribution is 6.43. The van der Waals surface area contributed by atoms with E-state index in [2.05, 4.69) is 0 Å². The molecule has 0 bridgehead atoms. The number of rotatable bonds is 4. The molecule has 126 valence electrons. The summed E-state index contributed by atoms with van der Waals surface area (Å²) in [7, 11) is 0. The van der Waals surface area contributed by atoms with E-state index in [-0.39, 0.29) is 15.6 Å². The van der Waals surface area contributed by atoms with Crippen molar-refractivity contribution in [1.82, 2.24) is 0 Å².